The molecular formula is C13H15NO3. The molecule has 17 heavy (non-hydrogen) atoms. The van der Waals surface area contributed by atoms with Crippen molar-refractivity contribution in [3.05, 3.63) is 35.9 Å². The van der Waals surface area contributed by atoms with E-state index in [1.165, 1.54) is 4.90 Å². The molecule has 2 rings (SSSR count). The van der Waals surface area contributed by atoms with Crippen molar-refractivity contribution < 1.29 is 14.3 Å². The number of rotatable bonds is 2. The van der Waals surface area contributed by atoms with Crippen LogP contribution in [0.5, 0.6) is 0 Å². The van der Waals surface area contributed by atoms with Crippen LogP contribution in [0, 0.1) is 5.92 Å². The molecule has 0 spiro atoms. The highest BCUT2D eigenvalue weighted by Crippen LogP contribution is 2.21. The molecule has 1 saturated heterocycles. The Bertz CT molecular complexity index is 428. The Hall–Kier alpha value is -1.84. The molecule has 1 aromatic rings. The summed E-state index contributed by atoms with van der Waals surface area (Å²) < 4.78 is 4.95. The van der Waals surface area contributed by atoms with E-state index in [1.807, 2.05) is 19.9 Å². The highest BCUT2D eigenvalue weighted by atomic mass is 16.6. The van der Waals surface area contributed by atoms with Gasteiger partial charge in [0.25, 0.3) is 5.91 Å². The number of ether oxygens (including phenoxy) is 1. The fourth-order valence-electron chi connectivity index (χ4n) is 1.88. The lowest BCUT2D eigenvalue weighted by Gasteiger charge is -2.22. The molecular weight excluding hydrogens is 218 g/mol. The van der Waals surface area contributed by atoms with E-state index in [-0.39, 0.29) is 24.5 Å². The van der Waals surface area contributed by atoms with Gasteiger partial charge in [-0.25, -0.2) is 9.69 Å². The quantitative estimate of drug-likeness (QED) is 0.787. The zero-order chi connectivity index (χ0) is 12.4. The van der Waals surface area contributed by atoms with Crippen molar-refractivity contribution in [2.75, 3.05) is 6.61 Å². The maximum Gasteiger partial charge on any atom is 0.417 e. The number of benzene rings is 1. The Morgan fingerprint density at radius 3 is 2.59 bits per heavy atom. The van der Waals surface area contributed by atoms with Gasteiger partial charge < -0.3 is 4.74 Å². The van der Waals surface area contributed by atoms with Crippen LogP contribution in [0.25, 0.3) is 0 Å². The van der Waals surface area contributed by atoms with Gasteiger partial charge in [0.15, 0.2) is 0 Å². The predicted octanol–water partition coefficient (Wildman–Crippen LogP) is 2.30. The topological polar surface area (TPSA) is 46.6 Å². The Morgan fingerprint density at radius 2 is 2.00 bits per heavy atom. The summed E-state index contributed by atoms with van der Waals surface area (Å²) in [5.41, 5.74) is 0.511. The van der Waals surface area contributed by atoms with Crippen LogP contribution in [-0.4, -0.2) is 29.5 Å². The largest absolute Gasteiger partial charge is 0.447 e. The van der Waals surface area contributed by atoms with Gasteiger partial charge in [0, 0.05) is 5.56 Å². The molecule has 0 bridgehead atoms. The Balaban J connectivity index is 2.26. The molecule has 2 amide bonds. The lowest BCUT2D eigenvalue weighted by Crippen LogP contribution is -2.41. The molecule has 0 aromatic heterocycles. The minimum absolute atomic E-state index is 0.171. The van der Waals surface area contributed by atoms with Gasteiger partial charge >= 0.3 is 6.09 Å². The fraction of sp³-hybridized carbons (Fsp3) is 0.385. The van der Waals surface area contributed by atoms with Crippen molar-refractivity contribution in [1.29, 1.82) is 0 Å². The van der Waals surface area contributed by atoms with Crippen LogP contribution in [0.2, 0.25) is 0 Å². The highest BCUT2D eigenvalue weighted by molar-refractivity contribution is 6.03. The summed E-state index contributed by atoms with van der Waals surface area (Å²) >= 11 is 0. The third-order valence-electron chi connectivity index (χ3n) is 2.91. The molecule has 0 unspecified atom stereocenters. The molecule has 0 N–H and O–H groups in total. The van der Waals surface area contributed by atoms with Crippen LogP contribution in [0.1, 0.15) is 24.2 Å². The number of hydrogen-bond donors (Lipinski definition) is 0. The molecule has 0 radical (unpaired) electrons. The van der Waals surface area contributed by atoms with Crippen LogP contribution in [0.3, 0.4) is 0 Å². The lowest BCUT2D eigenvalue weighted by molar-refractivity contribution is 0.0752. The number of hydrogen-bond acceptors (Lipinski definition) is 3. The second-order valence-electron chi connectivity index (χ2n) is 4.43. The average Bonchev–Trinajstić information content (AvgIpc) is 2.71. The number of nitrogens with zero attached hydrogens (tertiary/aromatic N) is 1. The maximum atomic E-state index is 12.2. The highest BCUT2D eigenvalue weighted by Gasteiger charge is 2.39. The van der Waals surface area contributed by atoms with Gasteiger partial charge in [0.2, 0.25) is 0 Å². The summed E-state index contributed by atoms with van der Waals surface area (Å²) in [5, 5.41) is 0. The van der Waals surface area contributed by atoms with Crippen LogP contribution < -0.4 is 0 Å². The molecule has 1 aromatic carbocycles. The first-order chi connectivity index (χ1) is 8.11. The average molecular weight is 233 g/mol. The molecule has 1 atom stereocenters. The SMILES string of the molecule is CC(C)[C@@H]1COC(=O)N1C(=O)c1ccccc1. The second-order valence-corrected chi connectivity index (χ2v) is 4.43. The van der Waals surface area contributed by atoms with Crippen LogP contribution in [0.4, 0.5) is 4.79 Å². The first-order valence-corrected chi connectivity index (χ1v) is 5.66. The van der Waals surface area contributed by atoms with E-state index in [1.54, 1.807) is 24.3 Å². The van der Waals surface area contributed by atoms with Crippen molar-refractivity contribution in [1.82, 2.24) is 4.90 Å². The van der Waals surface area contributed by atoms with E-state index in [9.17, 15) is 9.59 Å². The number of carbonyl (C=O) groups excluding carboxylic acids is 2. The molecule has 90 valence electrons. The second kappa shape index (κ2) is 4.57. The lowest BCUT2D eigenvalue weighted by atomic mass is 10.0. The van der Waals surface area contributed by atoms with Gasteiger partial charge in [0.05, 0.1) is 6.04 Å². The summed E-state index contributed by atoms with van der Waals surface area (Å²) in [6.07, 6.45) is -0.544. The summed E-state index contributed by atoms with van der Waals surface area (Å²) in [6, 6.07) is 8.61. The van der Waals surface area contributed by atoms with Crippen LogP contribution in [0.15, 0.2) is 30.3 Å². The van der Waals surface area contributed by atoms with E-state index in [2.05, 4.69) is 0 Å². The zero-order valence-electron chi connectivity index (χ0n) is 9.92. The standard InChI is InChI=1S/C13H15NO3/c1-9(2)11-8-17-13(16)14(11)12(15)10-6-4-3-5-7-10/h3-7,9,11H,8H2,1-2H3/t11-/m0/s1. The van der Waals surface area contributed by atoms with Gasteiger partial charge in [-0.1, -0.05) is 32.0 Å². The number of cyclic esters (lactones) is 1. The third-order valence-corrected chi connectivity index (χ3v) is 2.91. The first-order valence-electron chi connectivity index (χ1n) is 5.66. The molecule has 0 aliphatic carbocycles. The Labute approximate surface area is 100 Å². The van der Waals surface area contributed by atoms with Crippen molar-refractivity contribution in [2.45, 2.75) is 19.9 Å². The summed E-state index contributed by atoms with van der Waals surface area (Å²) in [4.78, 5) is 25.0. The molecule has 4 nitrogen and oxygen atoms in total. The summed E-state index contributed by atoms with van der Waals surface area (Å²) in [5.74, 6) is -0.0964. The zero-order valence-corrected chi connectivity index (χ0v) is 9.92. The number of amides is 2. The normalized spacial score (nSPS) is 19.6. The first kappa shape index (κ1) is 11.6. The molecule has 1 aliphatic rings. The molecule has 4 heteroatoms. The van der Waals surface area contributed by atoms with E-state index in [4.69, 9.17) is 4.74 Å². The number of imide groups is 1. The fourth-order valence-corrected chi connectivity index (χ4v) is 1.88. The van der Waals surface area contributed by atoms with E-state index < -0.39 is 6.09 Å². The van der Waals surface area contributed by atoms with Gasteiger partial charge in [-0.3, -0.25) is 4.79 Å². The van der Waals surface area contributed by atoms with E-state index in [0.29, 0.717) is 5.56 Å². The van der Waals surface area contributed by atoms with Gasteiger partial charge in [-0.05, 0) is 18.1 Å². The maximum absolute atomic E-state index is 12.2. The molecule has 1 aliphatic heterocycles. The van der Waals surface area contributed by atoms with Crippen molar-refractivity contribution >= 4 is 12.0 Å². The van der Waals surface area contributed by atoms with Crippen LogP contribution in [-0.2, 0) is 4.74 Å². The minimum atomic E-state index is -0.544. The van der Waals surface area contributed by atoms with Gasteiger partial charge in [0.1, 0.15) is 6.61 Å². The molecule has 0 saturated carbocycles. The van der Waals surface area contributed by atoms with Gasteiger partial charge in [-0.15, -0.1) is 0 Å². The Morgan fingerprint density at radius 1 is 1.35 bits per heavy atom. The van der Waals surface area contributed by atoms with Crippen molar-refractivity contribution in [3.63, 3.8) is 0 Å². The van der Waals surface area contributed by atoms with Crippen molar-refractivity contribution in [2.24, 2.45) is 5.92 Å². The Kier molecular flexibility index (Phi) is 3.13. The van der Waals surface area contributed by atoms with Crippen LogP contribution >= 0.6 is 0 Å². The van der Waals surface area contributed by atoms with E-state index >= 15 is 0 Å². The third kappa shape index (κ3) is 2.16. The molecule has 1 heterocycles. The molecule has 1 fully saturated rings. The summed E-state index contributed by atoms with van der Waals surface area (Å²) in [6.45, 7) is 4.23. The van der Waals surface area contributed by atoms with Crippen molar-refractivity contribution in [3.8, 4) is 0 Å². The number of carbonyl (C=O) groups is 2. The predicted molar refractivity (Wildman–Crippen MR) is 62.6 cm³/mol. The minimum Gasteiger partial charge on any atom is -0.447 e. The monoisotopic (exact) mass is 233 g/mol. The smallest absolute Gasteiger partial charge is 0.417 e. The van der Waals surface area contributed by atoms with E-state index in [0.717, 1.165) is 0 Å². The van der Waals surface area contributed by atoms with Gasteiger partial charge in [-0.2, -0.15) is 0 Å². The summed E-state index contributed by atoms with van der Waals surface area (Å²) in [7, 11) is 0.